The number of halogens is 2. The van der Waals surface area contributed by atoms with Gasteiger partial charge in [0.1, 0.15) is 5.69 Å². The maximum absolute atomic E-state index is 13.9. The zero-order valence-electron chi connectivity index (χ0n) is 21.6. The van der Waals surface area contributed by atoms with Gasteiger partial charge in [0.25, 0.3) is 11.8 Å². The SMILES string of the molecule is C[C@@H]1Cc2nn3c(c2CN1C(=O)c1ccc(Cl)c(Cl)c1)C(=O)N([C@@H](C)c1ccc([S@](C)(=N)=O)cc1)C[C@H]3C. The lowest BCUT2D eigenvalue weighted by molar-refractivity contribution is 0.0574. The van der Waals surface area contributed by atoms with E-state index in [0.717, 1.165) is 16.8 Å². The predicted molar refractivity (Wildman–Crippen MR) is 147 cm³/mol. The number of nitrogens with one attached hydrogen (secondary N) is 1. The third-order valence-electron chi connectivity index (χ3n) is 7.49. The van der Waals surface area contributed by atoms with Crippen LogP contribution in [-0.2, 0) is 22.7 Å². The zero-order valence-corrected chi connectivity index (χ0v) is 23.9. The van der Waals surface area contributed by atoms with E-state index >= 15 is 0 Å². The Morgan fingerprint density at radius 1 is 1.11 bits per heavy atom. The highest BCUT2D eigenvalue weighted by molar-refractivity contribution is 7.91. The molecule has 0 bridgehead atoms. The van der Waals surface area contributed by atoms with Crippen LogP contribution in [0.3, 0.4) is 0 Å². The van der Waals surface area contributed by atoms with Gasteiger partial charge in [0.2, 0.25) is 0 Å². The van der Waals surface area contributed by atoms with Crippen molar-refractivity contribution in [3.8, 4) is 0 Å². The van der Waals surface area contributed by atoms with Crippen LogP contribution in [0.2, 0.25) is 10.0 Å². The van der Waals surface area contributed by atoms with Crippen LogP contribution in [0, 0.1) is 4.78 Å². The van der Waals surface area contributed by atoms with Crippen molar-refractivity contribution in [1.29, 1.82) is 4.78 Å². The first-order valence-electron chi connectivity index (χ1n) is 12.4. The number of hydrogen-bond acceptors (Lipinski definition) is 5. The molecule has 0 saturated carbocycles. The summed E-state index contributed by atoms with van der Waals surface area (Å²) in [5.74, 6) is -0.310. The Bertz CT molecular complexity index is 1550. The van der Waals surface area contributed by atoms with Gasteiger partial charge in [-0.1, -0.05) is 35.3 Å². The molecule has 0 saturated heterocycles. The molecule has 3 aromatic rings. The number of hydrogen-bond donors (Lipinski definition) is 1. The standard InChI is InChI=1S/C27H29Cl2N5O3S/c1-15-11-24-21(14-32(15)26(35)19-7-10-22(28)23(29)12-19)25-27(36)33(13-16(2)34(25)31-24)17(3)18-5-8-20(9-6-18)38(4,30)37/h5-10,12,15-17,30H,11,13-14H2,1-4H3/t15-,16-,17+,38-/m1/s1. The molecule has 2 aliphatic rings. The maximum Gasteiger partial charge on any atom is 0.273 e. The van der Waals surface area contributed by atoms with Crippen LogP contribution < -0.4 is 0 Å². The largest absolute Gasteiger partial charge is 0.331 e. The highest BCUT2D eigenvalue weighted by Gasteiger charge is 2.40. The molecular weight excluding hydrogens is 545 g/mol. The van der Waals surface area contributed by atoms with Crippen molar-refractivity contribution >= 4 is 44.7 Å². The predicted octanol–water partition coefficient (Wildman–Crippen LogP) is 5.59. The molecule has 2 aromatic carbocycles. The molecule has 2 aliphatic heterocycles. The fraction of sp³-hybridized carbons (Fsp3) is 0.370. The lowest BCUT2D eigenvalue weighted by Gasteiger charge is -2.37. The molecule has 0 unspecified atom stereocenters. The Morgan fingerprint density at radius 3 is 2.42 bits per heavy atom. The summed E-state index contributed by atoms with van der Waals surface area (Å²) in [7, 11) is -2.81. The fourth-order valence-corrected chi connectivity index (χ4v) is 6.23. The molecule has 3 heterocycles. The molecular formula is C27H29Cl2N5O3S. The van der Waals surface area contributed by atoms with Crippen molar-refractivity contribution in [3.63, 3.8) is 0 Å². The van der Waals surface area contributed by atoms with E-state index in [2.05, 4.69) is 0 Å². The summed E-state index contributed by atoms with van der Waals surface area (Å²) in [6.45, 7) is 6.73. The molecule has 4 atom stereocenters. The summed E-state index contributed by atoms with van der Waals surface area (Å²) >= 11 is 12.2. The zero-order chi connectivity index (χ0) is 27.5. The number of benzene rings is 2. The number of carbonyl (C=O) groups excluding carboxylic acids is 2. The third kappa shape index (κ3) is 4.61. The van der Waals surface area contributed by atoms with Gasteiger partial charge in [0.05, 0.1) is 44.1 Å². The second-order valence-corrected chi connectivity index (χ2v) is 13.2. The number of rotatable bonds is 4. The number of fused-ring (bicyclic) bond motifs is 3. The Kier molecular flexibility index (Phi) is 6.82. The van der Waals surface area contributed by atoms with Gasteiger partial charge in [-0.3, -0.25) is 14.3 Å². The molecule has 38 heavy (non-hydrogen) atoms. The van der Waals surface area contributed by atoms with E-state index in [4.69, 9.17) is 33.1 Å². The number of carbonyl (C=O) groups is 2. The molecule has 200 valence electrons. The Hall–Kier alpha value is -2.88. The average molecular weight is 575 g/mol. The van der Waals surface area contributed by atoms with E-state index < -0.39 is 9.73 Å². The van der Waals surface area contributed by atoms with Crippen molar-refractivity contribution in [1.82, 2.24) is 19.6 Å². The minimum atomic E-state index is -2.81. The maximum atomic E-state index is 13.9. The quantitative estimate of drug-likeness (QED) is 0.439. The lowest BCUT2D eigenvalue weighted by Crippen LogP contribution is -2.45. The molecule has 1 aromatic heterocycles. The lowest BCUT2D eigenvalue weighted by atomic mass is 9.96. The van der Waals surface area contributed by atoms with E-state index in [1.165, 1.54) is 6.26 Å². The Balaban J connectivity index is 1.46. The highest BCUT2D eigenvalue weighted by Crippen LogP contribution is 2.35. The van der Waals surface area contributed by atoms with E-state index in [9.17, 15) is 13.8 Å². The molecule has 11 heteroatoms. The van der Waals surface area contributed by atoms with Gasteiger partial charge in [-0.2, -0.15) is 5.10 Å². The molecule has 2 amide bonds. The van der Waals surface area contributed by atoms with E-state index in [1.807, 2.05) is 42.5 Å². The number of amides is 2. The van der Waals surface area contributed by atoms with Crippen LogP contribution in [-0.4, -0.2) is 54.4 Å². The van der Waals surface area contributed by atoms with Crippen LogP contribution in [0.25, 0.3) is 0 Å². The summed E-state index contributed by atoms with van der Waals surface area (Å²) in [5.41, 5.74) is 3.48. The smallest absolute Gasteiger partial charge is 0.273 e. The minimum absolute atomic E-state index is 0.0489. The summed E-state index contributed by atoms with van der Waals surface area (Å²) < 4.78 is 21.7. The van der Waals surface area contributed by atoms with Gasteiger partial charge in [-0.25, -0.2) is 8.99 Å². The van der Waals surface area contributed by atoms with Gasteiger partial charge >= 0.3 is 0 Å². The van der Waals surface area contributed by atoms with Crippen LogP contribution in [0.5, 0.6) is 0 Å². The summed E-state index contributed by atoms with van der Waals surface area (Å²) in [6, 6.07) is 11.5. The van der Waals surface area contributed by atoms with Crippen LogP contribution in [0.4, 0.5) is 0 Å². The minimum Gasteiger partial charge on any atom is -0.331 e. The van der Waals surface area contributed by atoms with E-state index in [-0.39, 0.29) is 36.5 Å². The molecule has 1 N–H and O–H groups in total. The van der Waals surface area contributed by atoms with Crippen LogP contribution in [0.15, 0.2) is 47.4 Å². The molecule has 5 rings (SSSR count). The van der Waals surface area contributed by atoms with Gasteiger partial charge in [-0.15, -0.1) is 0 Å². The van der Waals surface area contributed by atoms with Crippen LogP contribution >= 0.6 is 23.2 Å². The third-order valence-corrected chi connectivity index (χ3v) is 9.40. The summed E-state index contributed by atoms with van der Waals surface area (Å²) in [6.07, 6.45) is 1.94. The van der Waals surface area contributed by atoms with E-state index in [1.54, 1.807) is 35.2 Å². The van der Waals surface area contributed by atoms with Crippen molar-refractivity contribution in [2.24, 2.45) is 0 Å². The Labute approximate surface area is 232 Å². The molecule has 0 spiro atoms. The second-order valence-electron chi connectivity index (χ2n) is 10.2. The topological polar surface area (TPSA) is 99.4 Å². The number of aromatic nitrogens is 2. The summed E-state index contributed by atoms with van der Waals surface area (Å²) in [4.78, 5) is 31.4. The van der Waals surface area contributed by atoms with Gasteiger partial charge in [-0.05, 0) is 56.7 Å². The number of nitrogens with zero attached hydrogens (tertiary/aromatic N) is 4. The normalized spacial score (nSPS) is 21.5. The van der Waals surface area contributed by atoms with Crippen molar-refractivity contribution in [2.75, 3.05) is 12.8 Å². The molecule has 0 aliphatic carbocycles. The van der Waals surface area contributed by atoms with Gasteiger partial charge in [0, 0.05) is 41.3 Å². The van der Waals surface area contributed by atoms with Gasteiger partial charge < -0.3 is 9.80 Å². The first-order valence-corrected chi connectivity index (χ1v) is 15.1. The molecule has 0 radical (unpaired) electrons. The first-order chi connectivity index (χ1) is 17.9. The average Bonchev–Trinajstić information content (AvgIpc) is 3.25. The fourth-order valence-electron chi connectivity index (χ4n) is 5.28. The monoisotopic (exact) mass is 573 g/mol. The van der Waals surface area contributed by atoms with Crippen LogP contribution in [0.1, 0.15) is 70.5 Å². The summed E-state index contributed by atoms with van der Waals surface area (Å²) in [5, 5.41) is 5.51. The van der Waals surface area contributed by atoms with Crippen molar-refractivity contribution < 1.29 is 13.8 Å². The van der Waals surface area contributed by atoms with E-state index in [0.29, 0.717) is 39.2 Å². The Morgan fingerprint density at radius 2 is 1.79 bits per heavy atom. The van der Waals surface area contributed by atoms with Crippen molar-refractivity contribution in [2.45, 2.75) is 56.8 Å². The molecule has 8 nitrogen and oxygen atoms in total. The first kappa shape index (κ1) is 26.7. The second kappa shape index (κ2) is 9.70. The highest BCUT2D eigenvalue weighted by atomic mass is 35.5. The van der Waals surface area contributed by atoms with Gasteiger partial charge in [0.15, 0.2) is 0 Å². The molecule has 0 fully saturated rings. The van der Waals surface area contributed by atoms with Crippen molar-refractivity contribution in [3.05, 3.63) is 80.6 Å².